The van der Waals surface area contributed by atoms with Crippen molar-refractivity contribution in [2.75, 3.05) is 13.1 Å². The summed E-state index contributed by atoms with van der Waals surface area (Å²) in [5, 5.41) is 5.57. The SMILES string of the molecule is CC(C)S(=O)(=O)c1ccccc1C(=O)NCC1CCCN1.Cl. The number of carbonyl (C=O) groups is 1. The second kappa shape index (κ2) is 7.94. The molecule has 2 rings (SSSR count). The summed E-state index contributed by atoms with van der Waals surface area (Å²) in [7, 11) is -3.47. The average molecular weight is 347 g/mol. The second-order valence-corrected chi connectivity index (χ2v) is 8.07. The van der Waals surface area contributed by atoms with E-state index in [1.807, 2.05) is 0 Å². The van der Waals surface area contributed by atoms with Crippen molar-refractivity contribution < 1.29 is 13.2 Å². The third-order valence-electron chi connectivity index (χ3n) is 3.73. The average Bonchev–Trinajstić information content (AvgIpc) is 2.98. The van der Waals surface area contributed by atoms with Gasteiger partial charge in [-0.25, -0.2) is 8.42 Å². The number of nitrogens with one attached hydrogen (secondary N) is 2. The number of hydrogen-bond acceptors (Lipinski definition) is 4. The van der Waals surface area contributed by atoms with E-state index < -0.39 is 15.1 Å². The Labute approximate surface area is 138 Å². The van der Waals surface area contributed by atoms with E-state index >= 15 is 0 Å². The van der Waals surface area contributed by atoms with Gasteiger partial charge in [-0.15, -0.1) is 12.4 Å². The van der Waals surface area contributed by atoms with Crippen molar-refractivity contribution in [2.45, 2.75) is 42.9 Å². The van der Waals surface area contributed by atoms with Crippen LogP contribution in [0.25, 0.3) is 0 Å². The molecule has 124 valence electrons. The Hall–Kier alpha value is -1.11. The highest BCUT2D eigenvalue weighted by Gasteiger charge is 2.25. The maximum absolute atomic E-state index is 12.3. The minimum Gasteiger partial charge on any atom is -0.350 e. The first-order valence-electron chi connectivity index (χ1n) is 7.27. The number of halogens is 1. The van der Waals surface area contributed by atoms with Gasteiger partial charge in [0.15, 0.2) is 9.84 Å². The van der Waals surface area contributed by atoms with Gasteiger partial charge in [0, 0.05) is 12.6 Å². The molecule has 0 saturated carbocycles. The predicted octanol–water partition coefficient (Wildman–Crippen LogP) is 1.77. The van der Waals surface area contributed by atoms with E-state index in [1.165, 1.54) is 6.07 Å². The minimum atomic E-state index is -3.47. The summed E-state index contributed by atoms with van der Waals surface area (Å²) < 4.78 is 24.7. The van der Waals surface area contributed by atoms with E-state index in [9.17, 15) is 13.2 Å². The zero-order valence-corrected chi connectivity index (χ0v) is 14.5. The lowest BCUT2D eigenvalue weighted by Crippen LogP contribution is -2.37. The van der Waals surface area contributed by atoms with Gasteiger partial charge < -0.3 is 10.6 Å². The number of benzene rings is 1. The molecule has 1 fully saturated rings. The van der Waals surface area contributed by atoms with Crippen LogP contribution < -0.4 is 10.6 Å². The lowest BCUT2D eigenvalue weighted by atomic mass is 10.2. The number of amides is 1. The molecule has 1 aliphatic heterocycles. The summed E-state index contributed by atoms with van der Waals surface area (Å²) in [5.74, 6) is -0.330. The molecule has 1 atom stereocenters. The molecule has 1 aromatic carbocycles. The van der Waals surface area contributed by atoms with Crippen LogP contribution in [0, 0.1) is 0 Å². The lowest BCUT2D eigenvalue weighted by Gasteiger charge is -2.15. The molecule has 5 nitrogen and oxygen atoms in total. The van der Waals surface area contributed by atoms with Crippen LogP contribution in [0.15, 0.2) is 29.2 Å². The van der Waals surface area contributed by atoms with Crippen molar-refractivity contribution in [1.29, 1.82) is 0 Å². The monoisotopic (exact) mass is 346 g/mol. The van der Waals surface area contributed by atoms with E-state index in [1.54, 1.807) is 32.0 Å². The number of hydrogen-bond donors (Lipinski definition) is 2. The fourth-order valence-electron chi connectivity index (χ4n) is 2.40. The smallest absolute Gasteiger partial charge is 0.252 e. The van der Waals surface area contributed by atoms with E-state index in [0.29, 0.717) is 6.54 Å². The molecule has 1 heterocycles. The van der Waals surface area contributed by atoms with Gasteiger partial charge in [0.05, 0.1) is 15.7 Å². The van der Waals surface area contributed by atoms with Crippen molar-refractivity contribution in [3.63, 3.8) is 0 Å². The van der Waals surface area contributed by atoms with Gasteiger partial charge in [-0.2, -0.15) is 0 Å². The van der Waals surface area contributed by atoms with Gasteiger partial charge in [0.2, 0.25) is 0 Å². The number of sulfone groups is 1. The Morgan fingerprint density at radius 2 is 2.05 bits per heavy atom. The molecule has 7 heteroatoms. The summed E-state index contributed by atoms with van der Waals surface area (Å²) in [6.45, 7) is 4.73. The molecule has 0 bridgehead atoms. The summed E-state index contributed by atoms with van der Waals surface area (Å²) in [6, 6.07) is 6.67. The molecule has 0 radical (unpaired) electrons. The molecule has 1 unspecified atom stereocenters. The number of rotatable bonds is 5. The lowest BCUT2D eigenvalue weighted by molar-refractivity contribution is 0.0947. The molecule has 1 saturated heterocycles. The van der Waals surface area contributed by atoms with Gasteiger partial charge in [0.25, 0.3) is 5.91 Å². The van der Waals surface area contributed by atoms with E-state index in [0.717, 1.165) is 19.4 Å². The molecule has 1 aliphatic rings. The Bertz CT molecular complexity index is 611. The summed E-state index contributed by atoms with van der Waals surface area (Å²) in [6.07, 6.45) is 2.14. The summed E-state index contributed by atoms with van der Waals surface area (Å²) in [4.78, 5) is 12.4. The molecule has 1 amide bonds. The van der Waals surface area contributed by atoms with E-state index in [2.05, 4.69) is 10.6 Å². The topological polar surface area (TPSA) is 75.3 Å². The highest BCUT2D eigenvalue weighted by Crippen LogP contribution is 2.20. The van der Waals surface area contributed by atoms with Gasteiger partial charge >= 0.3 is 0 Å². The third-order valence-corrected chi connectivity index (χ3v) is 5.94. The molecule has 0 aliphatic carbocycles. The van der Waals surface area contributed by atoms with Crippen LogP contribution in [0.5, 0.6) is 0 Å². The molecule has 0 spiro atoms. The van der Waals surface area contributed by atoms with Crippen LogP contribution in [0.3, 0.4) is 0 Å². The zero-order valence-electron chi connectivity index (χ0n) is 12.8. The Morgan fingerprint density at radius 1 is 1.36 bits per heavy atom. The molecule has 0 aromatic heterocycles. The first-order valence-corrected chi connectivity index (χ1v) is 8.82. The molecule has 22 heavy (non-hydrogen) atoms. The summed E-state index contributed by atoms with van der Waals surface area (Å²) >= 11 is 0. The molecular weight excluding hydrogens is 324 g/mol. The standard InChI is InChI=1S/C15H22N2O3S.ClH/c1-11(2)21(19,20)14-8-4-3-7-13(14)15(18)17-10-12-6-5-9-16-12;/h3-4,7-8,11-12,16H,5-6,9-10H2,1-2H3,(H,17,18);1H. The van der Waals surface area contributed by atoms with Crippen LogP contribution in [0.4, 0.5) is 0 Å². The number of carbonyl (C=O) groups excluding carboxylic acids is 1. The van der Waals surface area contributed by atoms with Crippen molar-refractivity contribution in [2.24, 2.45) is 0 Å². The maximum atomic E-state index is 12.3. The zero-order chi connectivity index (χ0) is 15.5. The second-order valence-electron chi connectivity index (χ2n) is 5.59. The highest BCUT2D eigenvalue weighted by atomic mass is 35.5. The van der Waals surface area contributed by atoms with E-state index in [-0.39, 0.29) is 34.8 Å². The van der Waals surface area contributed by atoms with Crippen molar-refractivity contribution in [1.82, 2.24) is 10.6 Å². The van der Waals surface area contributed by atoms with Crippen LogP contribution in [0.1, 0.15) is 37.0 Å². The first-order chi connectivity index (χ1) is 9.93. The van der Waals surface area contributed by atoms with Gasteiger partial charge in [0.1, 0.15) is 0 Å². The predicted molar refractivity (Wildman–Crippen MR) is 89.4 cm³/mol. The van der Waals surface area contributed by atoms with Crippen LogP contribution in [0.2, 0.25) is 0 Å². The Morgan fingerprint density at radius 3 is 2.64 bits per heavy atom. The van der Waals surface area contributed by atoms with Crippen molar-refractivity contribution >= 4 is 28.2 Å². The summed E-state index contributed by atoms with van der Waals surface area (Å²) in [5.41, 5.74) is 0.226. The van der Waals surface area contributed by atoms with Crippen LogP contribution >= 0.6 is 12.4 Å². The normalized spacial score (nSPS) is 18.0. The molecule has 2 N–H and O–H groups in total. The van der Waals surface area contributed by atoms with Crippen molar-refractivity contribution in [3.8, 4) is 0 Å². The van der Waals surface area contributed by atoms with Gasteiger partial charge in [-0.05, 0) is 45.4 Å². The Balaban J connectivity index is 0.00000242. The fourth-order valence-corrected chi connectivity index (χ4v) is 3.64. The third kappa shape index (κ3) is 4.21. The quantitative estimate of drug-likeness (QED) is 0.852. The highest BCUT2D eigenvalue weighted by molar-refractivity contribution is 7.92. The van der Waals surface area contributed by atoms with Gasteiger partial charge in [-0.3, -0.25) is 4.79 Å². The minimum absolute atomic E-state index is 0. The maximum Gasteiger partial charge on any atom is 0.252 e. The Kier molecular flexibility index (Phi) is 6.84. The van der Waals surface area contributed by atoms with Crippen molar-refractivity contribution in [3.05, 3.63) is 29.8 Å². The molecule has 1 aromatic rings. The van der Waals surface area contributed by atoms with E-state index in [4.69, 9.17) is 0 Å². The largest absolute Gasteiger partial charge is 0.350 e. The van der Waals surface area contributed by atoms with Crippen LogP contribution in [-0.4, -0.2) is 38.7 Å². The van der Waals surface area contributed by atoms with Gasteiger partial charge in [-0.1, -0.05) is 12.1 Å². The fraction of sp³-hybridized carbons (Fsp3) is 0.533. The van der Waals surface area contributed by atoms with Crippen LogP contribution in [-0.2, 0) is 9.84 Å². The first kappa shape index (κ1) is 18.9. The molecular formula is C15H23ClN2O3S.